The van der Waals surface area contributed by atoms with Gasteiger partial charge in [0.05, 0.1) is 17.8 Å². The van der Waals surface area contributed by atoms with E-state index in [1.807, 2.05) is 48.3 Å². The molecule has 0 unspecified atom stereocenters. The number of amides is 1. The van der Waals surface area contributed by atoms with E-state index < -0.39 is 0 Å². The van der Waals surface area contributed by atoms with Crippen molar-refractivity contribution < 1.29 is 4.79 Å². The van der Waals surface area contributed by atoms with Gasteiger partial charge in [0.15, 0.2) is 0 Å². The van der Waals surface area contributed by atoms with Crippen LogP contribution in [0, 0.1) is 6.92 Å². The topological polar surface area (TPSA) is 81.2 Å². The molecule has 1 aliphatic rings. The van der Waals surface area contributed by atoms with Gasteiger partial charge in [-0.2, -0.15) is 5.10 Å². The summed E-state index contributed by atoms with van der Waals surface area (Å²) in [6.07, 6.45) is 1.90. The van der Waals surface area contributed by atoms with Crippen LogP contribution in [0.15, 0.2) is 42.6 Å². The number of piperazine rings is 1. The number of aromatic amines is 1. The van der Waals surface area contributed by atoms with E-state index in [0.717, 1.165) is 69.7 Å². The fourth-order valence-electron chi connectivity index (χ4n) is 4.16. The van der Waals surface area contributed by atoms with Crippen molar-refractivity contribution in [1.29, 1.82) is 0 Å². The summed E-state index contributed by atoms with van der Waals surface area (Å²) in [4.78, 5) is 29.1. The monoisotopic (exact) mass is 461 g/mol. The van der Waals surface area contributed by atoms with Gasteiger partial charge in [-0.1, -0.05) is 18.2 Å². The van der Waals surface area contributed by atoms with Crippen LogP contribution < -0.4 is 4.90 Å². The SMILES string of the molecule is Cc1sc(-c2n[nH]c3ccccc23)nc1-c1ccc(N2CCN(C(=O)CN(C)C)CC2)nc1. The Morgan fingerprint density at radius 3 is 2.61 bits per heavy atom. The first-order chi connectivity index (χ1) is 16.0. The van der Waals surface area contributed by atoms with Gasteiger partial charge in [-0.05, 0) is 39.2 Å². The first-order valence-corrected chi connectivity index (χ1v) is 11.9. The summed E-state index contributed by atoms with van der Waals surface area (Å²) in [6.45, 7) is 5.57. The average molecular weight is 462 g/mol. The second kappa shape index (κ2) is 8.92. The molecule has 0 bridgehead atoms. The van der Waals surface area contributed by atoms with Crippen LogP contribution in [-0.4, -0.2) is 82.7 Å². The van der Waals surface area contributed by atoms with E-state index in [2.05, 4.69) is 40.2 Å². The number of carbonyl (C=O) groups is 1. The number of aryl methyl sites for hydroxylation is 1. The number of H-pyrrole nitrogens is 1. The van der Waals surface area contributed by atoms with Crippen molar-refractivity contribution in [2.75, 3.05) is 51.7 Å². The fourth-order valence-corrected chi connectivity index (χ4v) is 5.10. The van der Waals surface area contributed by atoms with Gasteiger partial charge in [0.1, 0.15) is 16.5 Å². The maximum Gasteiger partial charge on any atom is 0.236 e. The minimum atomic E-state index is 0.183. The highest BCUT2D eigenvalue weighted by molar-refractivity contribution is 7.15. The normalized spacial score (nSPS) is 14.4. The lowest BCUT2D eigenvalue weighted by Crippen LogP contribution is -2.50. The molecular formula is C24H27N7OS. The Balaban J connectivity index is 1.30. The van der Waals surface area contributed by atoms with Crippen LogP contribution in [-0.2, 0) is 4.79 Å². The Labute approximate surface area is 196 Å². The van der Waals surface area contributed by atoms with Crippen molar-refractivity contribution in [2.45, 2.75) is 6.92 Å². The van der Waals surface area contributed by atoms with Gasteiger partial charge in [0, 0.05) is 48.2 Å². The number of rotatable bonds is 5. The van der Waals surface area contributed by atoms with Crippen molar-refractivity contribution >= 4 is 34.0 Å². The number of hydrogen-bond acceptors (Lipinski definition) is 7. The highest BCUT2D eigenvalue weighted by Gasteiger charge is 2.22. The molecule has 0 saturated carbocycles. The third-order valence-electron chi connectivity index (χ3n) is 5.90. The standard InChI is InChI=1S/C24H27N7OS/c1-16-22(26-24(33-16)23-18-6-4-5-7-19(18)27-28-23)17-8-9-20(25-14-17)30-10-12-31(13-11-30)21(32)15-29(2)3/h4-9,14H,10-13,15H2,1-3H3,(H,27,28). The molecule has 0 aliphatic carbocycles. The van der Waals surface area contributed by atoms with Crippen LogP contribution in [0.5, 0.6) is 0 Å². The summed E-state index contributed by atoms with van der Waals surface area (Å²) < 4.78 is 0. The molecule has 4 heterocycles. The van der Waals surface area contributed by atoms with E-state index in [0.29, 0.717) is 6.54 Å². The number of likely N-dealkylation sites (N-methyl/N-ethyl adjacent to an activating group) is 1. The maximum atomic E-state index is 12.3. The number of carbonyl (C=O) groups excluding carboxylic acids is 1. The predicted octanol–water partition coefficient (Wildman–Crippen LogP) is 3.27. The van der Waals surface area contributed by atoms with Crippen molar-refractivity contribution in [2.24, 2.45) is 0 Å². The van der Waals surface area contributed by atoms with Crippen LogP contribution in [0.1, 0.15) is 4.88 Å². The minimum Gasteiger partial charge on any atom is -0.353 e. The van der Waals surface area contributed by atoms with Gasteiger partial charge < -0.3 is 14.7 Å². The second-order valence-electron chi connectivity index (χ2n) is 8.55. The largest absolute Gasteiger partial charge is 0.353 e. The van der Waals surface area contributed by atoms with Crippen molar-refractivity contribution in [3.8, 4) is 22.0 Å². The van der Waals surface area contributed by atoms with E-state index in [4.69, 9.17) is 9.97 Å². The van der Waals surface area contributed by atoms with Crippen LogP contribution in [0.4, 0.5) is 5.82 Å². The van der Waals surface area contributed by atoms with E-state index in [1.165, 1.54) is 0 Å². The summed E-state index contributed by atoms with van der Waals surface area (Å²) in [5.74, 6) is 1.12. The molecule has 1 aliphatic heterocycles. The van der Waals surface area contributed by atoms with Crippen molar-refractivity contribution in [1.82, 2.24) is 30.0 Å². The highest BCUT2D eigenvalue weighted by atomic mass is 32.1. The molecule has 1 N–H and O–H groups in total. The zero-order valence-corrected chi connectivity index (χ0v) is 19.9. The van der Waals surface area contributed by atoms with Crippen LogP contribution >= 0.6 is 11.3 Å². The zero-order chi connectivity index (χ0) is 22.9. The van der Waals surface area contributed by atoms with Gasteiger partial charge >= 0.3 is 0 Å². The molecule has 1 saturated heterocycles. The summed E-state index contributed by atoms with van der Waals surface area (Å²) in [5.41, 5.74) is 3.84. The molecule has 5 rings (SSSR count). The number of fused-ring (bicyclic) bond motifs is 1. The number of benzene rings is 1. The number of anilines is 1. The van der Waals surface area contributed by atoms with E-state index in [-0.39, 0.29) is 5.91 Å². The Hall–Kier alpha value is -3.30. The molecular weight excluding hydrogens is 434 g/mol. The Morgan fingerprint density at radius 1 is 1.09 bits per heavy atom. The van der Waals surface area contributed by atoms with Crippen LogP contribution in [0.2, 0.25) is 0 Å². The van der Waals surface area contributed by atoms with Gasteiger partial charge in [-0.3, -0.25) is 9.89 Å². The second-order valence-corrected chi connectivity index (χ2v) is 9.76. The molecule has 4 aromatic rings. The summed E-state index contributed by atoms with van der Waals surface area (Å²) in [6, 6.07) is 12.2. The molecule has 0 radical (unpaired) electrons. The van der Waals surface area contributed by atoms with Crippen molar-refractivity contribution in [3.05, 3.63) is 47.5 Å². The molecule has 3 aromatic heterocycles. The van der Waals surface area contributed by atoms with Crippen molar-refractivity contribution in [3.63, 3.8) is 0 Å². The van der Waals surface area contributed by atoms with E-state index in [1.54, 1.807) is 11.3 Å². The lowest BCUT2D eigenvalue weighted by atomic mass is 10.2. The van der Waals surface area contributed by atoms with Crippen LogP contribution in [0.25, 0.3) is 32.9 Å². The predicted molar refractivity (Wildman–Crippen MR) is 133 cm³/mol. The highest BCUT2D eigenvalue weighted by Crippen LogP contribution is 2.35. The van der Waals surface area contributed by atoms with E-state index in [9.17, 15) is 4.79 Å². The fraction of sp³-hybridized carbons (Fsp3) is 0.333. The average Bonchev–Trinajstić information content (AvgIpc) is 3.42. The van der Waals surface area contributed by atoms with Gasteiger partial charge in [-0.25, -0.2) is 9.97 Å². The third kappa shape index (κ3) is 4.34. The quantitative estimate of drug-likeness (QED) is 0.491. The molecule has 170 valence electrons. The van der Waals surface area contributed by atoms with Crippen LogP contribution in [0.3, 0.4) is 0 Å². The molecule has 0 atom stereocenters. The van der Waals surface area contributed by atoms with E-state index >= 15 is 0 Å². The maximum absolute atomic E-state index is 12.3. The molecule has 33 heavy (non-hydrogen) atoms. The Kier molecular flexibility index (Phi) is 5.82. The number of aromatic nitrogens is 4. The summed E-state index contributed by atoms with van der Waals surface area (Å²) in [5, 5.41) is 9.57. The number of hydrogen-bond donors (Lipinski definition) is 1. The number of nitrogens with zero attached hydrogens (tertiary/aromatic N) is 6. The smallest absolute Gasteiger partial charge is 0.236 e. The molecule has 1 amide bonds. The summed E-state index contributed by atoms with van der Waals surface area (Å²) >= 11 is 1.65. The third-order valence-corrected chi connectivity index (χ3v) is 6.88. The van der Waals surface area contributed by atoms with Gasteiger partial charge in [-0.15, -0.1) is 11.3 Å². The van der Waals surface area contributed by atoms with Gasteiger partial charge in [0.2, 0.25) is 5.91 Å². The molecule has 8 nitrogen and oxygen atoms in total. The molecule has 1 aromatic carbocycles. The Morgan fingerprint density at radius 2 is 1.88 bits per heavy atom. The first kappa shape index (κ1) is 21.5. The number of pyridine rings is 1. The minimum absolute atomic E-state index is 0.183. The number of para-hydroxylation sites is 1. The zero-order valence-electron chi connectivity index (χ0n) is 19.1. The summed E-state index contributed by atoms with van der Waals surface area (Å²) in [7, 11) is 3.84. The number of nitrogens with one attached hydrogen (secondary N) is 1. The molecule has 1 fully saturated rings. The Bertz CT molecular complexity index is 1270. The number of thiazole rings is 1. The van der Waals surface area contributed by atoms with Gasteiger partial charge in [0.25, 0.3) is 0 Å². The first-order valence-electron chi connectivity index (χ1n) is 11.0. The molecule has 9 heteroatoms. The molecule has 0 spiro atoms. The lowest BCUT2D eigenvalue weighted by Gasteiger charge is -2.35. The lowest BCUT2D eigenvalue weighted by molar-refractivity contribution is -0.132.